The van der Waals surface area contributed by atoms with Gasteiger partial charge in [-0.05, 0) is 44.9 Å². The first-order chi connectivity index (χ1) is 15.1. The quantitative estimate of drug-likeness (QED) is 0.254. The molecule has 0 spiro atoms. The van der Waals surface area contributed by atoms with E-state index in [9.17, 15) is 4.79 Å². The Bertz CT molecular complexity index is 862. The largest absolute Gasteiger partial charge is 0.493 e. The number of benzene rings is 2. The molecule has 2 aromatic carbocycles. The van der Waals surface area contributed by atoms with E-state index >= 15 is 0 Å². The monoisotopic (exact) mass is 485 g/mol. The van der Waals surface area contributed by atoms with Crippen LogP contribution in [0.15, 0.2) is 30.3 Å². The van der Waals surface area contributed by atoms with Gasteiger partial charge in [-0.2, -0.15) is 0 Å². The van der Waals surface area contributed by atoms with Crippen molar-refractivity contribution in [2.45, 2.75) is 48.5 Å². The molecule has 0 aromatic heterocycles. The zero-order valence-corrected chi connectivity index (χ0v) is 23.0. The fraction of sp³-hybridized carbons (Fsp3) is 0.500. The summed E-state index contributed by atoms with van der Waals surface area (Å²) < 4.78 is 18.3. The van der Waals surface area contributed by atoms with Crippen LogP contribution in [-0.2, 0) is 0 Å². The van der Waals surface area contributed by atoms with Crippen LogP contribution in [0.3, 0.4) is 0 Å². The molecule has 1 unspecified atom stereocenters. The molecule has 0 heterocycles. The average molecular weight is 486 g/mol. The molecule has 4 nitrogen and oxygen atoms in total. The fourth-order valence-electron chi connectivity index (χ4n) is 2.87. The maximum atomic E-state index is 13.3. The van der Waals surface area contributed by atoms with Crippen molar-refractivity contribution in [1.82, 2.24) is 0 Å². The summed E-state index contributed by atoms with van der Waals surface area (Å²) >= 11 is 6.37. The van der Waals surface area contributed by atoms with Crippen LogP contribution < -0.4 is 19.5 Å². The Kier molecular flexibility index (Phi) is 12.9. The molecular weight excluding hydrogens is 450 g/mol. The van der Waals surface area contributed by atoms with Crippen molar-refractivity contribution in [3.05, 3.63) is 46.5 Å². The Morgan fingerprint density at radius 2 is 1.36 bits per heavy atom. The molecule has 0 amide bonds. The van der Waals surface area contributed by atoms with Gasteiger partial charge in [0.1, 0.15) is 17.2 Å². The Hall–Kier alpha value is -1.17. The molecule has 0 aliphatic heterocycles. The van der Waals surface area contributed by atoms with Crippen molar-refractivity contribution in [2.24, 2.45) is 17.8 Å². The third-order valence-corrected chi connectivity index (χ3v) is 5.99. The van der Waals surface area contributed by atoms with E-state index in [4.69, 9.17) is 25.8 Å². The summed E-state index contributed by atoms with van der Waals surface area (Å²) in [5, 5.41) is 1.22. The third-order valence-electron chi connectivity index (χ3n) is 4.45. The molecular formula is C26H36ClLiO4P. The first kappa shape index (κ1) is 29.9. The predicted octanol–water partition coefficient (Wildman–Crippen LogP) is 6.52. The van der Waals surface area contributed by atoms with Crippen molar-refractivity contribution in [2.75, 3.05) is 19.8 Å². The van der Waals surface area contributed by atoms with Gasteiger partial charge in [0.25, 0.3) is 0 Å². The Labute approximate surface area is 218 Å². The molecule has 0 bridgehead atoms. The van der Waals surface area contributed by atoms with Crippen LogP contribution in [0.2, 0.25) is 5.02 Å². The van der Waals surface area contributed by atoms with Gasteiger partial charge in [0.15, 0.2) is 5.52 Å². The van der Waals surface area contributed by atoms with Gasteiger partial charge in [0, 0.05) is 36.6 Å². The summed E-state index contributed by atoms with van der Waals surface area (Å²) in [4.78, 5) is 13.3. The number of hydrogen-bond acceptors (Lipinski definition) is 4. The van der Waals surface area contributed by atoms with E-state index in [1.165, 1.54) is 0 Å². The minimum absolute atomic E-state index is 0. The van der Waals surface area contributed by atoms with Gasteiger partial charge in [-0.15, -0.1) is 0 Å². The first-order valence-electron chi connectivity index (χ1n) is 11.2. The normalized spacial score (nSPS) is 11.4. The molecule has 2 rings (SSSR count). The van der Waals surface area contributed by atoms with E-state index in [0.29, 0.717) is 65.4 Å². The topological polar surface area (TPSA) is 44.8 Å². The van der Waals surface area contributed by atoms with Gasteiger partial charge in [-0.25, -0.2) is 0 Å². The number of halogens is 1. The summed E-state index contributed by atoms with van der Waals surface area (Å²) in [6, 6.07) is 9.26. The van der Waals surface area contributed by atoms with E-state index in [-0.39, 0.29) is 33.0 Å². The predicted molar refractivity (Wildman–Crippen MR) is 142 cm³/mol. The van der Waals surface area contributed by atoms with Crippen LogP contribution >= 0.6 is 20.2 Å². The summed E-state index contributed by atoms with van der Waals surface area (Å²) in [5.74, 6) is 3.03. The van der Waals surface area contributed by atoms with Crippen molar-refractivity contribution in [3.63, 3.8) is 0 Å². The molecule has 0 N–H and O–H groups in total. The SMILES string of the molecule is Cc1cccc(Cl)c1C(=O)Pc1c(OCC(C)C)cc(OCC(C)C)cc1OCC(C)C.[Li]. The number of hydrogen-bond donors (Lipinski definition) is 0. The molecule has 0 aliphatic rings. The number of carbonyl (C=O) groups excluding carboxylic acids is 1. The first-order valence-corrected chi connectivity index (χ1v) is 12.6. The van der Waals surface area contributed by atoms with Crippen LogP contribution in [0, 0.1) is 24.7 Å². The van der Waals surface area contributed by atoms with Crippen LogP contribution in [0.5, 0.6) is 17.2 Å². The number of ether oxygens (including phenoxy) is 3. The van der Waals surface area contributed by atoms with Gasteiger partial charge in [0.2, 0.25) is 0 Å². The summed E-state index contributed by atoms with van der Waals surface area (Å²) in [6.07, 6.45) is 0. The second-order valence-corrected chi connectivity index (χ2v) is 10.9. The minimum Gasteiger partial charge on any atom is -0.493 e. The Balaban J connectivity index is 0.00000544. The molecule has 0 saturated carbocycles. The summed E-state index contributed by atoms with van der Waals surface area (Å²) in [6.45, 7) is 16.1. The van der Waals surface area contributed by atoms with E-state index in [2.05, 4.69) is 41.5 Å². The maximum Gasteiger partial charge on any atom is 0.187 e. The van der Waals surface area contributed by atoms with Gasteiger partial charge < -0.3 is 14.2 Å². The van der Waals surface area contributed by atoms with Crippen molar-refractivity contribution in [1.29, 1.82) is 0 Å². The Morgan fingerprint density at radius 1 is 0.879 bits per heavy atom. The van der Waals surface area contributed by atoms with E-state index in [0.717, 1.165) is 10.9 Å². The van der Waals surface area contributed by atoms with Crippen LogP contribution in [0.4, 0.5) is 0 Å². The van der Waals surface area contributed by atoms with Crippen LogP contribution in [-0.4, -0.2) is 44.2 Å². The van der Waals surface area contributed by atoms with Crippen molar-refractivity contribution >= 4 is 49.9 Å². The van der Waals surface area contributed by atoms with E-state index in [1.807, 2.05) is 31.2 Å². The van der Waals surface area contributed by atoms with Gasteiger partial charge in [0.05, 0.1) is 30.1 Å². The van der Waals surface area contributed by atoms with Crippen molar-refractivity contribution in [3.8, 4) is 17.2 Å². The second kappa shape index (κ2) is 14.3. The smallest absolute Gasteiger partial charge is 0.187 e. The molecule has 1 radical (unpaired) electrons. The van der Waals surface area contributed by atoms with Crippen molar-refractivity contribution < 1.29 is 19.0 Å². The number of aryl methyl sites for hydroxylation is 1. The summed E-state index contributed by atoms with van der Waals surface area (Å²) in [7, 11) is -0.182. The molecule has 7 heteroatoms. The van der Waals surface area contributed by atoms with Gasteiger partial charge >= 0.3 is 0 Å². The molecule has 0 saturated heterocycles. The molecule has 0 aliphatic carbocycles. The maximum absolute atomic E-state index is 13.3. The second-order valence-electron chi connectivity index (χ2n) is 9.29. The van der Waals surface area contributed by atoms with Crippen LogP contribution in [0.25, 0.3) is 0 Å². The minimum atomic E-state index is -0.182. The average Bonchev–Trinajstić information content (AvgIpc) is 2.70. The molecule has 177 valence electrons. The fourth-order valence-corrected chi connectivity index (χ4v) is 4.48. The summed E-state index contributed by atoms with van der Waals surface area (Å²) in [5.41, 5.74) is 1.38. The van der Waals surface area contributed by atoms with Gasteiger partial charge in [-0.3, -0.25) is 4.79 Å². The van der Waals surface area contributed by atoms with E-state index < -0.39 is 0 Å². The van der Waals surface area contributed by atoms with Crippen LogP contribution in [0.1, 0.15) is 57.5 Å². The zero-order chi connectivity index (χ0) is 23.8. The molecule has 1 atom stereocenters. The molecule has 33 heavy (non-hydrogen) atoms. The Morgan fingerprint density at radius 3 is 1.82 bits per heavy atom. The van der Waals surface area contributed by atoms with Gasteiger partial charge in [-0.1, -0.05) is 65.3 Å². The van der Waals surface area contributed by atoms with E-state index in [1.54, 1.807) is 6.07 Å². The molecule has 2 aromatic rings. The zero-order valence-electron chi connectivity index (χ0n) is 21.3. The standard InChI is InChI=1S/C26H36ClO4P.Li/c1-16(2)13-29-20-11-22(30-14-17(3)4)25(23(12-20)31-15-18(5)6)32-26(28)24-19(7)9-8-10-21(24)27;/h8-12,16-18,32H,13-15H2,1-7H3;. The third kappa shape index (κ3) is 9.54. The number of carbonyl (C=O) groups is 1. The number of rotatable bonds is 12. The molecule has 0 fully saturated rings.